The number of hydrogen-bond donors (Lipinski definition) is 1. The van der Waals surface area contributed by atoms with Crippen molar-refractivity contribution in [3.63, 3.8) is 0 Å². The minimum absolute atomic E-state index is 0.0774. The molecule has 0 atom stereocenters. The number of amidine groups is 1. The predicted octanol–water partition coefficient (Wildman–Crippen LogP) is 8.15. The van der Waals surface area contributed by atoms with E-state index in [2.05, 4.69) is 32.8 Å². The van der Waals surface area contributed by atoms with Gasteiger partial charge in [-0.25, -0.2) is 0 Å². The number of aliphatic imine (C=N–C) groups is 1. The van der Waals surface area contributed by atoms with E-state index in [0.717, 1.165) is 32.9 Å². The number of fused-ring (bicyclic) bond motifs is 1. The van der Waals surface area contributed by atoms with Gasteiger partial charge >= 0.3 is 0 Å². The lowest BCUT2D eigenvalue weighted by atomic mass is 9.99. The zero-order chi connectivity index (χ0) is 36.5. The molecule has 4 aromatic carbocycles. The first-order valence-electron chi connectivity index (χ1n) is 16.3. The van der Waals surface area contributed by atoms with Crippen molar-refractivity contribution in [1.29, 1.82) is 0 Å². The molecule has 4 aromatic rings. The minimum Gasteiger partial charge on any atom is -0.488 e. The van der Waals surface area contributed by atoms with E-state index < -0.39 is 17.9 Å². The predicted molar refractivity (Wildman–Crippen MR) is 207 cm³/mol. The van der Waals surface area contributed by atoms with Crippen molar-refractivity contribution in [3.8, 4) is 17.2 Å². The summed E-state index contributed by atoms with van der Waals surface area (Å²) in [6.45, 7) is 5.88. The molecule has 0 saturated carbocycles. The molecule has 1 N–H and O–H groups in total. The van der Waals surface area contributed by atoms with E-state index in [-0.39, 0.29) is 35.8 Å². The van der Waals surface area contributed by atoms with Crippen molar-refractivity contribution in [2.45, 2.75) is 19.6 Å². The van der Waals surface area contributed by atoms with Crippen LogP contribution in [-0.2, 0) is 21.0 Å². The second-order valence-corrected chi connectivity index (χ2v) is 13.3. The molecule has 6 rings (SSSR count). The Morgan fingerprint density at radius 3 is 2.40 bits per heavy atom. The molecule has 0 aliphatic carbocycles. The van der Waals surface area contributed by atoms with Gasteiger partial charge in [0.05, 0.1) is 11.8 Å². The molecule has 9 nitrogen and oxygen atoms in total. The fourth-order valence-electron chi connectivity index (χ4n) is 5.50. The van der Waals surface area contributed by atoms with E-state index in [4.69, 9.17) is 14.2 Å². The first-order valence-corrected chi connectivity index (χ1v) is 18.1. The van der Waals surface area contributed by atoms with Crippen LogP contribution in [0.5, 0.6) is 17.2 Å². The van der Waals surface area contributed by atoms with Crippen LogP contribution in [0.1, 0.15) is 35.2 Å². The van der Waals surface area contributed by atoms with E-state index in [9.17, 15) is 14.4 Å². The number of halogens is 1. The number of hydrogen-bond acceptors (Lipinski definition) is 7. The molecule has 0 saturated heterocycles. The molecule has 2 aliphatic heterocycles. The van der Waals surface area contributed by atoms with E-state index in [1.165, 1.54) is 11.0 Å². The maximum absolute atomic E-state index is 14.3. The minimum atomic E-state index is -0.736. The lowest BCUT2D eigenvalue weighted by Gasteiger charge is -2.28. The largest absolute Gasteiger partial charge is 0.488 e. The summed E-state index contributed by atoms with van der Waals surface area (Å²) in [7, 11) is 0. The molecule has 3 amide bonds. The summed E-state index contributed by atoms with van der Waals surface area (Å²) in [6.07, 6.45) is 8.15. The van der Waals surface area contributed by atoms with Crippen LogP contribution in [0.15, 0.2) is 149 Å². The molecule has 0 spiro atoms. The van der Waals surface area contributed by atoms with Crippen LogP contribution < -0.4 is 19.5 Å². The lowest BCUT2D eigenvalue weighted by Crippen LogP contribution is -2.42. The summed E-state index contributed by atoms with van der Waals surface area (Å²) in [5, 5.41) is 3.18. The Labute approximate surface area is 314 Å². The van der Waals surface area contributed by atoms with Gasteiger partial charge in [-0.05, 0) is 66.1 Å². The van der Waals surface area contributed by atoms with Crippen LogP contribution in [0.25, 0.3) is 6.08 Å². The van der Waals surface area contributed by atoms with Crippen LogP contribution in [0, 0.1) is 0 Å². The molecule has 2 heterocycles. The van der Waals surface area contributed by atoms with Gasteiger partial charge in [-0.2, -0.15) is 4.99 Å². The average Bonchev–Trinajstić information content (AvgIpc) is 3.64. The summed E-state index contributed by atoms with van der Waals surface area (Å²) in [6, 6.07) is 29.8. The number of ether oxygens (including phenoxy) is 3. The molecule has 0 unspecified atom stereocenters. The van der Waals surface area contributed by atoms with E-state index in [0.29, 0.717) is 28.5 Å². The van der Waals surface area contributed by atoms with Crippen molar-refractivity contribution in [2.24, 2.45) is 4.99 Å². The highest BCUT2D eigenvalue weighted by molar-refractivity contribution is 9.10. The Bertz CT molecular complexity index is 2070. The summed E-state index contributed by atoms with van der Waals surface area (Å²) >= 11 is 4.50. The monoisotopic (exact) mass is 775 g/mol. The smallest absolute Gasteiger partial charge is 0.285 e. The van der Waals surface area contributed by atoms with Crippen molar-refractivity contribution < 1.29 is 28.6 Å². The molecule has 52 heavy (non-hydrogen) atoms. The first kappa shape index (κ1) is 36.2. The van der Waals surface area contributed by atoms with Crippen molar-refractivity contribution in [3.05, 3.63) is 166 Å². The molecular weight excluding hydrogens is 742 g/mol. The van der Waals surface area contributed by atoms with Gasteiger partial charge in [0.25, 0.3) is 11.8 Å². The standard InChI is InChI=1S/C41H34BrN3O6S/c1-3-5-16-32(4-2)45-40(48)33(23-30-22-31(42)18-20-34(30)49-24-27-17-19-35-36(21-27)51-26-50-35)39(47)44-41(45)52-25-37(46)43-38(28-12-8-6-9-13-28)29-14-10-7-11-15-29/h3-23,38H,1,24-26H2,2H3,(H,43,46)/b16-5-,32-4+,33-23+. The number of carbonyl (C=O) groups is 3. The van der Waals surface area contributed by atoms with E-state index in [1.807, 2.05) is 84.9 Å². The zero-order valence-electron chi connectivity index (χ0n) is 28.2. The van der Waals surface area contributed by atoms with Crippen LogP contribution in [0.3, 0.4) is 0 Å². The zero-order valence-corrected chi connectivity index (χ0v) is 30.6. The summed E-state index contributed by atoms with van der Waals surface area (Å²) < 4.78 is 17.8. The van der Waals surface area contributed by atoms with E-state index >= 15 is 0 Å². The lowest BCUT2D eigenvalue weighted by molar-refractivity contribution is -0.126. The molecule has 0 radical (unpaired) electrons. The van der Waals surface area contributed by atoms with Gasteiger partial charge in [-0.1, -0.05) is 119 Å². The molecule has 262 valence electrons. The second kappa shape index (κ2) is 17.0. The molecule has 11 heteroatoms. The Kier molecular flexibility index (Phi) is 11.8. The van der Waals surface area contributed by atoms with Crippen LogP contribution >= 0.6 is 27.7 Å². The number of allylic oxidation sites excluding steroid dienone is 4. The number of thioether (sulfide) groups is 1. The maximum atomic E-state index is 14.3. The quantitative estimate of drug-likeness (QED) is 0.0880. The molecule has 2 aliphatic rings. The third-order valence-electron chi connectivity index (χ3n) is 8.02. The summed E-state index contributed by atoms with van der Waals surface area (Å²) in [5.41, 5.74) is 3.47. The van der Waals surface area contributed by atoms with Gasteiger partial charge < -0.3 is 19.5 Å². The van der Waals surface area contributed by atoms with Crippen LogP contribution in [0.4, 0.5) is 0 Å². The topological polar surface area (TPSA) is 107 Å². The highest BCUT2D eigenvalue weighted by Gasteiger charge is 2.35. The summed E-state index contributed by atoms with van der Waals surface area (Å²) in [4.78, 5) is 47.0. The third-order valence-corrected chi connectivity index (χ3v) is 9.45. The van der Waals surface area contributed by atoms with Crippen LogP contribution in [-0.4, -0.2) is 40.3 Å². The number of rotatable bonds is 12. The highest BCUT2D eigenvalue weighted by Crippen LogP contribution is 2.34. The second-order valence-electron chi connectivity index (χ2n) is 11.5. The molecule has 0 bridgehead atoms. The molecule has 0 fully saturated rings. The normalized spacial score (nSPS) is 15.0. The van der Waals surface area contributed by atoms with Crippen molar-refractivity contribution in [1.82, 2.24) is 10.2 Å². The van der Waals surface area contributed by atoms with Gasteiger partial charge in [0.1, 0.15) is 17.9 Å². The number of benzene rings is 4. The Morgan fingerprint density at radius 2 is 1.71 bits per heavy atom. The fraction of sp³-hybridized carbons (Fsp3) is 0.122. The SMILES string of the molecule is C=C/C=C\C(=C/C)N1C(=O)/C(=C/c2cc(Br)ccc2OCc2ccc3c(c2)OCO3)C(=O)N=C1SCC(=O)NC(c1ccccc1)c1ccccc1. The van der Waals surface area contributed by atoms with Gasteiger partial charge in [0.15, 0.2) is 16.7 Å². The number of nitrogens with one attached hydrogen (secondary N) is 1. The Morgan fingerprint density at radius 1 is 1.00 bits per heavy atom. The number of carbonyl (C=O) groups excluding carboxylic acids is 3. The maximum Gasteiger partial charge on any atom is 0.285 e. The first-order chi connectivity index (χ1) is 25.3. The van der Waals surface area contributed by atoms with Crippen molar-refractivity contribution >= 4 is 56.7 Å². The summed E-state index contributed by atoms with van der Waals surface area (Å²) in [5.74, 6) is 0.0238. The van der Waals surface area contributed by atoms with Crippen molar-refractivity contribution in [2.75, 3.05) is 12.5 Å². The third kappa shape index (κ3) is 8.62. The van der Waals surface area contributed by atoms with Gasteiger partial charge in [0.2, 0.25) is 12.7 Å². The molecule has 0 aromatic heterocycles. The molecular formula is C41H34BrN3O6S. The van der Waals surface area contributed by atoms with Gasteiger partial charge in [-0.15, -0.1) is 0 Å². The number of nitrogens with zero attached hydrogens (tertiary/aromatic N) is 2. The highest BCUT2D eigenvalue weighted by atomic mass is 79.9. The average molecular weight is 777 g/mol. The Hall–Kier alpha value is -5.65. The van der Waals surface area contributed by atoms with Gasteiger partial charge in [-0.3, -0.25) is 19.3 Å². The number of amides is 3. The fourth-order valence-corrected chi connectivity index (χ4v) is 6.69. The van der Waals surface area contributed by atoms with Gasteiger partial charge in [0, 0.05) is 15.7 Å². The van der Waals surface area contributed by atoms with Crippen LogP contribution in [0.2, 0.25) is 0 Å². The Balaban J connectivity index is 1.26. The van der Waals surface area contributed by atoms with E-state index in [1.54, 1.807) is 43.4 Å².